The molecule has 6 nitrogen and oxygen atoms in total. The van der Waals surface area contributed by atoms with E-state index in [1.165, 1.54) is 10.7 Å². The van der Waals surface area contributed by atoms with Crippen LogP contribution in [0.5, 0.6) is 0 Å². The zero-order chi connectivity index (χ0) is 16.2. The molecule has 3 rings (SSSR count). The fourth-order valence-corrected chi connectivity index (χ4v) is 2.65. The van der Waals surface area contributed by atoms with Gasteiger partial charge in [0.2, 0.25) is 0 Å². The number of halogens is 1. The third-order valence-electron chi connectivity index (χ3n) is 3.90. The van der Waals surface area contributed by atoms with E-state index in [0.717, 1.165) is 19.4 Å². The van der Waals surface area contributed by atoms with Gasteiger partial charge in [0, 0.05) is 25.8 Å². The Bertz CT molecular complexity index is 682. The van der Waals surface area contributed by atoms with Crippen molar-refractivity contribution in [3.63, 3.8) is 0 Å². The van der Waals surface area contributed by atoms with E-state index in [-0.39, 0.29) is 30.1 Å². The molecule has 1 aliphatic heterocycles. The molecule has 0 spiro atoms. The highest BCUT2D eigenvalue weighted by atomic mass is 19.1. The van der Waals surface area contributed by atoms with E-state index in [2.05, 4.69) is 10.3 Å². The summed E-state index contributed by atoms with van der Waals surface area (Å²) in [6.07, 6.45) is 3.64. The lowest BCUT2D eigenvalue weighted by Gasteiger charge is -2.19. The number of benzene rings is 1. The second-order valence-corrected chi connectivity index (χ2v) is 5.71. The molecule has 0 N–H and O–H groups in total. The van der Waals surface area contributed by atoms with Gasteiger partial charge in [-0.05, 0) is 18.9 Å². The van der Waals surface area contributed by atoms with Crippen LogP contribution in [0.15, 0.2) is 30.5 Å². The van der Waals surface area contributed by atoms with Crippen molar-refractivity contribution in [3.05, 3.63) is 47.5 Å². The second kappa shape index (κ2) is 6.87. The van der Waals surface area contributed by atoms with Crippen LogP contribution in [0.4, 0.5) is 4.39 Å². The van der Waals surface area contributed by atoms with Crippen LogP contribution in [-0.4, -0.2) is 52.1 Å². The number of likely N-dealkylation sites (N-methyl/N-ethyl adjacent to an activating group) is 1. The van der Waals surface area contributed by atoms with Crippen molar-refractivity contribution in [2.45, 2.75) is 25.5 Å². The number of rotatable bonds is 5. The molecule has 0 unspecified atom stereocenters. The predicted octanol–water partition coefficient (Wildman–Crippen LogP) is 1.72. The highest BCUT2D eigenvalue weighted by Gasteiger charge is 2.22. The molecule has 0 radical (unpaired) electrons. The van der Waals surface area contributed by atoms with Crippen molar-refractivity contribution in [1.82, 2.24) is 19.9 Å². The van der Waals surface area contributed by atoms with Crippen LogP contribution in [-0.2, 0) is 11.3 Å². The SMILES string of the molecule is CN(C[C@@H]1CCCO1)C(=O)c1cn(Cc2ccccc2F)nn1. The number of aromatic nitrogens is 3. The maximum atomic E-state index is 13.6. The van der Waals surface area contributed by atoms with Crippen LogP contribution in [0.25, 0.3) is 0 Å². The summed E-state index contributed by atoms with van der Waals surface area (Å²) in [7, 11) is 1.72. The van der Waals surface area contributed by atoms with E-state index in [4.69, 9.17) is 4.74 Å². The maximum absolute atomic E-state index is 13.6. The number of hydrogen-bond acceptors (Lipinski definition) is 4. The molecular formula is C16H19FN4O2. The molecule has 0 bridgehead atoms. The van der Waals surface area contributed by atoms with Crippen molar-refractivity contribution in [2.24, 2.45) is 0 Å². The first kappa shape index (κ1) is 15.6. The Balaban J connectivity index is 1.64. The van der Waals surface area contributed by atoms with Crippen molar-refractivity contribution >= 4 is 5.91 Å². The van der Waals surface area contributed by atoms with Crippen LogP contribution in [0.3, 0.4) is 0 Å². The lowest BCUT2D eigenvalue weighted by Crippen LogP contribution is -2.34. The van der Waals surface area contributed by atoms with Gasteiger partial charge < -0.3 is 9.64 Å². The molecule has 7 heteroatoms. The van der Waals surface area contributed by atoms with Gasteiger partial charge in [-0.25, -0.2) is 9.07 Å². The molecule has 1 aromatic carbocycles. The van der Waals surface area contributed by atoms with Gasteiger partial charge in [0.05, 0.1) is 18.8 Å². The molecule has 1 saturated heterocycles. The van der Waals surface area contributed by atoms with Gasteiger partial charge >= 0.3 is 0 Å². The van der Waals surface area contributed by atoms with Gasteiger partial charge in [-0.2, -0.15) is 0 Å². The lowest BCUT2D eigenvalue weighted by atomic mass is 10.2. The zero-order valence-electron chi connectivity index (χ0n) is 13.0. The van der Waals surface area contributed by atoms with Crippen LogP contribution in [0.1, 0.15) is 28.9 Å². The first-order valence-corrected chi connectivity index (χ1v) is 7.64. The second-order valence-electron chi connectivity index (χ2n) is 5.71. The fraction of sp³-hybridized carbons (Fsp3) is 0.438. The van der Waals surface area contributed by atoms with Crippen LogP contribution in [0, 0.1) is 5.82 Å². The number of carbonyl (C=O) groups excluding carboxylic acids is 1. The van der Waals surface area contributed by atoms with Gasteiger partial charge in [-0.3, -0.25) is 4.79 Å². The minimum absolute atomic E-state index is 0.0948. The minimum Gasteiger partial charge on any atom is -0.376 e. The predicted molar refractivity (Wildman–Crippen MR) is 81.5 cm³/mol. The van der Waals surface area contributed by atoms with Crippen molar-refractivity contribution in [3.8, 4) is 0 Å². The summed E-state index contributed by atoms with van der Waals surface area (Å²) >= 11 is 0. The van der Waals surface area contributed by atoms with E-state index >= 15 is 0 Å². The average Bonchev–Trinajstić information content (AvgIpc) is 3.20. The van der Waals surface area contributed by atoms with Crippen molar-refractivity contribution in [2.75, 3.05) is 20.2 Å². The number of amides is 1. The molecule has 1 aromatic heterocycles. The Kier molecular flexibility index (Phi) is 4.66. The Morgan fingerprint density at radius 2 is 2.30 bits per heavy atom. The molecular weight excluding hydrogens is 299 g/mol. The highest BCUT2D eigenvalue weighted by molar-refractivity contribution is 5.91. The Hall–Kier alpha value is -2.28. The van der Waals surface area contributed by atoms with E-state index in [9.17, 15) is 9.18 Å². The van der Waals surface area contributed by atoms with Crippen LogP contribution >= 0.6 is 0 Å². The van der Waals surface area contributed by atoms with Gasteiger partial charge in [0.15, 0.2) is 5.69 Å². The molecule has 2 heterocycles. The molecule has 0 aliphatic carbocycles. The summed E-state index contributed by atoms with van der Waals surface area (Å²) < 4.78 is 20.6. The quantitative estimate of drug-likeness (QED) is 0.842. The summed E-state index contributed by atoms with van der Waals surface area (Å²) in [5.74, 6) is -0.508. The molecule has 2 aromatic rings. The Labute approximate surface area is 133 Å². The summed E-state index contributed by atoms with van der Waals surface area (Å²) in [5.41, 5.74) is 0.756. The number of carbonyl (C=O) groups is 1. The molecule has 1 aliphatic rings. The van der Waals surface area contributed by atoms with Gasteiger partial charge in [-0.15, -0.1) is 5.10 Å². The number of nitrogens with zero attached hydrogens (tertiary/aromatic N) is 4. The van der Waals surface area contributed by atoms with Crippen molar-refractivity contribution in [1.29, 1.82) is 0 Å². The molecule has 0 saturated carbocycles. The first-order chi connectivity index (χ1) is 11.1. The molecule has 1 amide bonds. The van der Waals surface area contributed by atoms with Crippen LogP contribution in [0.2, 0.25) is 0 Å². The van der Waals surface area contributed by atoms with Crippen LogP contribution < -0.4 is 0 Å². The van der Waals surface area contributed by atoms with Gasteiger partial charge in [0.1, 0.15) is 5.82 Å². The lowest BCUT2D eigenvalue weighted by molar-refractivity contribution is 0.0582. The normalized spacial score (nSPS) is 17.4. The summed E-state index contributed by atoms with van der Waals surface area (Å²) in [4.78, 5) is 13.9. The van der Waals surface area contributed by atoms with E-state index in [1.807, 2.05) is 0 Å². The van der Waals surface area contributed by atoms with Crippen molar-refractivity contribution < 1.29 is 13.9 Å². The molecule has 1 fully saturated rings. The van der Waals surface area contributed by atoms with E-state index in [0.29, 0.717) is 12.1 Å². The Morgan fingerprint density at radius 1 is 1.48 bits per heavy atom. The summed E-state index contributed by atoms with van der Waals surface area (Å²) in [6.45, 7) is 1.53. The highest BCUT2D eigenvalue weighted by Crippen LogP contribution is 2.14. The molecule has 23 heavy (non-hydrogen) atoms. The van der Waals surface area contributed by atoms with E-state index in [1.54, 1.807) is 36.3 Å². The zero-order valence-corrected chi connectivity index (χ0v) is 13.0. The smallest absolute Gasteiger partial charge is 0.275 e. The Morgan fingerprint density at radius 3 is 3.04 bits per heavy atom. The minimum atomic E-state index is -0.300. The summed E-state index contributed by atoms with van der Waals surface area (Å²) in [5, 5.41) is 7.81. The standard InChI is InChI=1S/C16H19FN4O2/c1-20(10-13-6-4-8-23-13)16(22)15-11-21(19-18-15)9-12-5-2-3-7-14(12)17/h2-3,5,7,11,13H,4,6,8-10H2,1H3/t13-/m0/s1. The van der Waals surface area contributed by atoms with E-state index < -0.39 is 0 Å². The van der Waals surface area contributed by atoms with Gasteiger partial charge in [0.25, 0.3) is 5.91 Å². The monoisotopic (exact) mass is 318 g/mol. The fourth-order valence-electron chi connectivity index (χ4n) is 2.65. The number of hydrogen-bond donors (Lipinski definition) is 0. The summed E-state index contributed by atoms with van der Waals surface area (Å²) in [6, 6.07) is 6.47. The molecule has 1 atom stereocenters. The number of ether oxygens (including phenoxy) is 1. The third kappa shape index (κ3) is 3.73. The van der Waals surface area contributed by atoms with Gasteiger partial charge in [-0.1, -0.05) is 23.4 Å². The maximum Gasteiger partial charge on any atom is 0.275 e. The average molecular weight is 318 g/mol. The molecule has 122 valence electrons. The largest absolute Gasteiger partial charge is 0.376 e. The first-order valence-electron chi connectivity index (χ1n) is 7.64. The topological polar surface area (TPSA) is 60.2 Å². The third-order valence-corrected chi connectivity index (χ3v) is 3.90.